The minimum atomic E-state index is -3.46. The van der Waals surface area contributed by atoms with Gasteiger partial charge in [0.05, 0.1) is 11.0 Å². The maximum Gasteiger partial charge on any atom is 0.241 e. The number of sulfonamides is 1. The monoisotopic (exact) mass is 319 g/mol. The molecule has 1 atom stereocenters. The molecule has 1 aliphatic heterocycles. The summed E-state index contributed by atoms with van der Waals surface area (Å²) >= 11 is 3.24. The zero-order valence-corrected chi connectivity index (χ0v) is 11.6. The summed E-state index contributed by atoms with van der Waals surface area (Å²) in [6, 6.07) is 6.76. The molecule has 2 rings (SSSR count). The predicted octanol–water partition coefficient (Wildman–Crippen LogP) is 1.91. The lowest BCUT2D eigenvalue weighted by atomic mass is 10.2. The summed E-state index contributed by atoms with van der Waals surface area (Å²) in [5, 5.41) is 0. The third kappa shape index (κ3) is 3.28. The molecule has 1 saturated heterocycles. The van der Waals surface area contributed by atoms with Crippen molar-refractivity contribution in [2.24, 2.45) is 0 Å². The summed E-state index contributed by atoms with van der Waals surface area (Å²) in [5.41, 5.74) is 0. The quantitative estimate of drug-likeness (QED) is 0.922. The van der Waals surface area contributed by atoms with Crippen LogP contribution in [-0.2, 0) is 14.8 Å². The second-order valence-corrected chi connectivity index (χ2v) is 6.51. The molecule has 0 aromatic heterocycles. The van der Waals surface area contributed by atoms with Crippen molar-refractivity contribution in [3.05, 3.63) is 28.7 Å². The normalized spacial score (nSPS) is 20.6. The molecule has 0 aliphatic carbocycles. The molecule has 0 saturated carbocycles. The average Bonchev–Trinajstić information content (AvgIpc) is 2.80. The minimum absolute atomic E-state index is 0.00672. The fourth-order valence-electron chi connectivity index (χ4n) is 1.75. The molecule has 17 heavy (non-hydrogen) atoms. The van der Waals surface area contributed by atoms with Gasteiger partial charge in [-0.1, -0.05) is 12.1 Å². The van der Waals surface area contributed by atoms with Gasteiger partial charge in [-0.15, -0.1) is 0 Å². The zero-order valence-electron chi connectivity index (χ0n) is 9.23. The summed E-state index contributed by atoms with van der Waals surface area (Å²) in [6.07, 6.45) is 1.92. The molecule has 1 aromatic rings. The molecule has 6 heteroatoms. The van der Waals surface area contributed by atoms with Crippen molar-refractivity contribution < 1.29 is 13.2 Å². The van der Waals surface area contributed by atoms with Crippen LogP contribution in [0.2, 0.25) is 0 Å². The first-order chi connectivity index (χ1) is 8.09. The summed E-state index contributed by atoms with van der Waals surface area (Å²) in [4.78, 5) is 0.262. The minimum Gasteiger partial charge on any atom is -0.377 e. The third-order valence-corrected chi connectivity index (χ3v) is 5.09. The van der Waals surface area contributed by atoms with Crippen molar-refractivity contribution in [3.63, 3.8) is 0 Å². The van der Waals surface area contributed by atoms with Gasteiger partial charge in [0.2, 0.25) is 10.0 Å². The van der Waals surface area contributed by atoms with Gasteiger partial charge in [0.1, 0.15) is 0 Å². The van der Waals surface area contributed by atoms with Crippen molar-refractivity contribution >= 4 is 26.0 Å². The lowest BCUT2D eigenvalue weighted by molar-refractivity contribution is 0.114. The van der Waals surface area contributed by atoms with E-state index < -0.39 is 10.0 Å². The lowest BCUT2D eigenvalue weighted by Crippen LogP contribution is -2.32. The molecule has 0 spiro atoms. The van der Waals surface area contributed by atoms with Gasteiger partial charge in [0.25, 0.3) is 0 Å². The van der Waals surface area contributed by atoms with E-state index in [1.54, 1.807) is 24.3 Å². The van der Waals surface area contributed by atoms with Crippen molar-refractivity contribution in [1.29, 1.82) is 0 Å². The van der Waals surface area contributed by atoms with Gasteiger partial charge in [0.15, 0.2) is 0 Å². The summed E-state index contributed by atoms with van der Waals surface area (Å²) in [5.74, 6) is 0. The maximum atomic E-state index is 12.0. The number of halogens is 1. The van der Waals surface area contributed by atoms with Gasteiger partial charge in [0, 0.05) is 17.6 Å². The average molecular weight is 320 g/mol. The van der Waals surface area contributed by atoms with Crippen LogP contribution >= 0.6 is 15.9 Å². The van der Waals surface area contributed by atoms with Gasteiger partial charge in [-0.05, 0) is 40.9 Å². The fourth-order valence-corrected chi connectivity index (χ4v) is 3.82. The lowest BCUT2D eigenvalue weighted by Gasteiger charge is -2.12. The van der Waals surface area contributed by atoms with Crippen molar-refractivity contribution in [1.82, 2.24) is 4.72 Å². The van der Waals surface area contributed by atoms with E-state index >= 15 is 0 Å². The van der Waals surface area contributed by atoms with Gasteiger partial charge >= 0.3 is 0 Å². The van der Waals surface area contributed by atoms with Crippen molar-refractivity contribution in [3.8, 4) is 0 Å². The molecule has 4 nitrogen and oxygen atoms in total. The maximum absolute atomic E-state index is 12.0. The first-order valence-electron chi connectivity index (χ1n) is 5.45. The van der Waals surface area contributed by atoms with Gasteiger partial charge in [-0.25, -0.2) is 13.1 Å². The number of rotatable bonds is 4. The van der Waals surface area contributed by atoms with E-state index in [1.807, 2.05) is 0 Å². The summed E-state index contributed by atoms with van der Waals surface area (Å²) in [7, 11) is -3.46. The number of nitrogens with one attached hydrogen (secondary N) is 1. The topological polar surface area (TPSA) is 55.4 Å². The van der Waals surface area contributed by atoms with E-state index in [1.165, 1.54) is 0 Å². The van der Waals surface area contributed by atoms with Gasteiger partial charge < -0.3 is 4.74 Å². The van der Waals surface area contributed by atoms with Crippen molar-refractivity contribution in [2.45, 2.75) is 23.8 Å². The van der Waals surface area contributed by atoms with E-state index in [0.29, 0.717) is 11.0 Å². The third-order valence-electron chi connectivity index (χ3n) is 2.65. The van der Waals surface area contributed by atoms with Crippen LogP contribution in [-0.4, -0.2) is 27.7 Å². The Hall–Kier alpha value is -0.430. The van der Waals surface area contributed by atoms with Crippen LogP contribution in [0.15, 0.2) is 33.6 Å². The van der Waals surface area contributed by atoms with E-state index in [9.17, 15) is 8.42 Å². The molecular weight excluding hydrogens is 306 g/mol. The Bertz CT molecular complexity index is 483. The number of hydrogen-bond acceptors (Lipinski definition) is 3. The van der Waals surface area contributed by atoms with E-state index in [4.69, 9.17) is 4.74 Å². The summed E-state index contributed by atoms with van der Waals surface area (Å²) < 4.78 is 32.5. The van der Waals surface area contributed by atoms with Gasteiger partial charge in [-0.3, -0.25) is 0 Å². The first kappa shape index (κ1) is 13.0. The first-order valence-corrected chi connectivity index (χ1v) is 7.73. The molecule has 1 heterocycles. The second kappa shape index (κ2) is 5.48. The molecular formula is C11H14BrNO3S. The molecule has 94 valence electrons. The molecule has 1 aliphatic rings. The highest BCUT2D eigenvalue weighted by molar-refractivity contribution is 9.10. The SMILES string of the molecule is O=S(=O)(NCC1CCCO1)c1ccccc1Br. The Labute approximate surface area is 110 Å². The standard InChI is InChI=1S/C11H14BrNO3S/c12-10-5-1-2-6-11(10)17(14,15)13-8-9-4-3-7-16-9/h1-2,5-6,9,13H,3-4,7-8H2. The highest BCUT2D eigenvalue weighted by Crippen LogP contribution is 2.21. The molecule has 0 bridgehead atoms. The van der Waals surface area contributed by atoms with Crippen LogP contribution in [0.3, 0.4) is 0 Å². The molecule has 0 radical (unpaired) electrons. The molecule has 1 unspecified atom stereocenters. The Morgan fingerprint density at radius 1 is 1.41 bits per heavy atom. The zero-order chi connectivity index (χ0) is 12.3. The molecule has 0 amide bonds. The Kier molecular flexibility index (Phi) is 4.19. The number of hydrogen-bond donors (Lipinski definition) is 1. The van der Waals surface area contributed by atoms with E-state index in [-0.39, 0.29) is 11.0 Å². The van der Waals surface area contributed by atoms with Gasteiger partial charge in [-0.2, -0.15) is 0 Å². The van der Waals surface area contributed by atoms with Crippen LogP contribution in [0, 0.1) is 0 Å². The Balaban J connectivity index is 2.06. The number of ether oxygens (including phenoxy) is 1. The highest BCUT2D eigenvalue weighted by Gasteiger charge is 2.21. The molecule has 1 N–H and O–H groups in total. The Morgan fingerprint density at radius 2 is 2.18 bits per heavy atom. The Morgan fingerprint density at radius 3 is 2.82 bits per heavy atom. The van der Waals surface area contributed by atoms with Crippen LogP contribution in [0.5, 0.6) is 0 Å². The van der Waals surface area contributed by atoms with Crippen LogP contribution in [0.1, 0.15) is 12.8 Å². The smallest absolute Gasteiger partial charge is 0.241 e. The van der Waals surface area contributed by atoms with Crippen molar-refractivity contribution in [2.75, 3.05) is 13.2 Å². The molecule has 1 aromatic carbocycles. The second-order valence-electron chi connectivity index (χ2n) is 3.92. The number of benzene rings is 1. The van der Waals surface area contributed by atoms with Crippen LogP contribution < -0.4 is 4.72 Å². The molecule has 1 fully saturated rings. The van der Waals surface area contributed by atoms with E-state index in [0.717, 1.165) is 19.4 Å². The fraction of sp³-hybridized carbons (Fsp3) is 0.455. The predicted molar refractivity (Wildman–Crippen MR) is 68.3 cm³/mol. The van der Waals surface area contributed by atoms with Crippen LogP contribution in [0.4, 0.5) is 0 Å². The van der Waals surface area contributed by atoms with Crippen LogP contribution in [0.25, 0.3) is 0 Å². The largest absolute Gasteiger partial charge is 0.377 e. The highest BCUT2D eigenvalue weighted by atomic mass is 79.9. The van der Waals surface area contributed by atoms with E-state index in [2.05, 4.69) is 20.7 Å². The summed E-state index contributed by atoms with van der Waals surface area (Å²) in [6.45, 7) is 1.06.